The highest BCUT2D eigenvalue weighted by atomic mass is 16.5. The van der Waals surface area contributed by atoms with Crippen molar-refractivity contribution in [3.63, 3.8) is 0 Å². The van der Waals surface area contributed by atoms with Crippen LogP contribution in [0.2, 0.25) is 0 Å². The molecule has 1 aliphatic carbocycles. The number of phenols is 1. The molecular weight excluding hydrogens is 260 g/mol. The summed E-state index contributed by atoms with van der Waals surface area (Å²) in [5, 5.41) is 28.9. The summed E-state index contributed by atoms with van der Waals surface area (Å²) in [6.45, 7) is 0. The molecule has 1 aliphatic heterocycles. The lowest BCUT2D eigenvalue weighted by atomic mass is 9.78. The zero-order valence-electron chi connectivity index (χ0n) is 10.8. The number of ether oxygens (including phenoxy) is 1. The Labute approximate surface area is 116 Å². The lowest BCUT2D eigenvalue weighted by molar-refractivity contribution is -0.136. The van der Waals surface area contributed by atoms with E-state index >= 15 is 0 Å². The van der Waals surface area contributed by atoms with Gasteiger partial charge in [0.25, 0.3) is 0 Å². The third-order valence-corrected chi connectivity index (χ3v) is 3.87. The lowest BCUT2D eigenvalue weighted by Crippen LogP contribution is -2.48. The van der Waals surface area contributed by atoms with E-state index in [1.807, 2.05) is 0 Å². The van der Waals surface area contributed by atoms with Gasteiger partial charge in [-0.05, 0) is 24.3 Å². The maximum absolute atomic E-state index is 12.1. The van der Waals surface area contributed by atoms with Crippen molar-refractivity contribution in [2.45, 2.75) is 31.2 Å². The van der Waals surface area contributed by atoms with E-state index in [4.69, 9.17) is 4.74 Å². The molecule has 4 unspecified atom stereocenters. The average molecular weight is 276 g/mol. The van der Waals surface area contributed by atoms with Gasteiger partial charge in [-0.15, -0.1) is 0 Å². The summed E-state index contributed by atoms with van der Waals surface area (Å²) in [6, 6.07) is 6.34. The molecule has 5 nitrogen and oxygen atoms in total. The van der Waals surface area contributed by atoms with Crippen LogP contribution in [0.1, 0.15) is 18.4 Å². The van der Waals surface area contributed by atoms with Crippen LogP contribution >= 0.6 is 0 Å². The Morgan fingerprint density at radius 1 is 1.10 bits per heavy atom. The van der Waals surface area contributed by atoms with Crippen molar-refractivity contribution in [2.75, 3.05) is 0 Å². The molecule has 0 saturated heterocycles. The van der Waals surface area contributed by atoms with E-state index in [1.165, 1.54) is 18.2 Å². The van der Waals surface area contributed by atoms with Crippen LogP contribution in [0.25, 0.3) is 5.76 Å². The minimum absolute atomic E-state index is 0.137. The van der Waals surface area contributed by atoms with Gasteiger partial charge in [0.15, 0.2) is 5.78 Å². The number of allylic oxidation sites excluding steroid dienone is 1. The van der Waals surface area contributed by atoms with E-state index in [-0.39, 0.29) is 18.0 Å². The minimum Gasteiger partial charge on any atom is -0.508 e. The van der Waals surface area contributed by atoms with Crippen LogP contribution < -0.4 is 0 Å². The van der Waals surface area contributed by atoms with Gasteiger partial charge in [-0.1, -0.05) is 0 Å². The maximum atomic E-state index is 12.1. The van der Waals surface area contributed by atoms with Crippen LogP contribution in [0.3, 0.4) is 0 Å². The zero-order chi connectivity index (χ0) is 14.3. The molecule has 1 aromatic rings. The summed E-state index contributed by atoms with van der Waals surface area (Å²) < 4.78 is 5.77. The molecule has 1 heterocycles. The van der Waals surface area contributed by atoms with Gasteiger partial charge in [0.05, 0.1) is 18.1 Å². The Morgan fingerprint density at radius 3 is 2.50 bits per heavy atom. The summed E-state index contributed by atoms with van der Waals surface area (Å²) in [7, 11) is 0. The number of ketones is 1. The number of aliphatic hydroxyl groups is 2. The van der Waals surface area contributed by atoms with Crippen molar-refractivity contribution >= 4 is 11.5 Å². The summed E-state index contributed by atoms with van der Waals surface area (Å²) in [5.41, 5.74) is 0.684. The van der Waals surface area contributed by atoms with E-state index in [0.717, 1.165) is 0 Å². The SMILES string of the molecule is O=C1C=C(c2ccc(O)cc2)OC2CC(O)CC(O)C12. The van der Waals surface area contributed by atoms with Gasteiger partial charge in [0, 0.05) is 24.5 Å². The van der Waals surface area contributed by atoms with E-state index in [2.05, 4.69) is 0 Å². The molecule has 0 spiro atoms. The van der Waals surface area contributed by atoms with Crippen LogP contribution in [0.4, 0.5) is 0 Å². The monoisotopic (exact) mass is 276 g/mol. The Morgan fingerprint density at radius 2 is 1.80 bits per heavy atom. The number of hydrogen-bond donors (Lipinski definition) is 3. The Balaban J connectivity index is 1.90. The molecule has 20 heavy (non-hydrogen) atoms. The molecular formula is C15H16O5. The fourth-order valence-electron chi connectivity index (χ4n) is 2.88. The first kappa shape index (κ1) is 13.1. The molecule has 4 atom stereocenters. The number of rotatable bonds is 1. The second-order valence-corrected chi connectivity index (χ2v) is 5.33. The number of aromatic hydroxyl groups is 1. The number of phenolic OH excluding ortho intramolecular Hbond substituents is 1. The van der Waals surface area contributed by atoms with Crippen molar-refractivity contribution in [1.82, 2.24) is 0 Å². The number of benzene rings is 1. The Kier molecular flexibility index (Phi) is 3.23. The number of carbonyl (C=O) groups is 1. The second kappa shape index (κ2) is 4.92. The van der Waals surface area contributed by atoms with Crippen LogP contribution in [0.15, 0.2) is 30.3 Å². The molecule has 1 saturated carbocycles. The first-order valence-electron chi connectivity index (χ1n) is 6.62. The summed E-state index contributed by atoms with van der Waals surface area (Å²) in [6.07, 6.45) is -0.0992. The van der Waals surface area contributed by atoms with E-state index in [9.17, 15) is 20.1 Å². The quantitative estimate of drug-likeness (QED) is 0.707. The van der Waals surface area contributed by atoms with Gasteiger partial charge in [0.1, 0.15) is 17.6 Å². The molecule has 3 N–H and O–H groups in total. The molecule has 2 aliphatic rings. The molecule has 0 amide bonds. The highest BCUT2D eigenvalue weighted by molar-refractivity contribution is 5.99. The van der Waals surface area contributed by atoms with Crippen LogP contribution in [-0.2, 0) is 9.53 Å². The number of aliphatic hydroxyl groups excluding tert-OH is 2. The number of fused-ring (bicyclic) bond motifs is 1. The summed E-state index contributed by atoms with van der Waals surface area (Å²) in [5.74, 6) is -0.224. The topological polar surface area (TPSA) is 87.0 Å². The van der Waals surface area contributed by atoms with Crippen LogP contribution in [0.5, 0.6) is 5.75 Å². The fourth-order valence-corrected chi connectivity index (χ4v) is 2.88. The second-order valence-electron chi connectivity index (χ2n) is 5.33. The normalized spacial score (nSPS) is 33.1. The van der Waals surface area contributed by atoms with Gasteiger partial charge < -0.3 is 20.1 Å². The largest absolute Gasteiger partial charge is 0.508 e. The van der Waals surface area contributed by atoms with Crippen molar-refractivity contribution in [3.8, 4) is 5.75 Å². The number of carbonyl (C=O) groups excluding carboxylic acids is 1. The van der Waals surface area contributed by atoms with Gasteiger partial charge >= 0.3 is 0 Å². The third kappa shape index (κ3) is 2.30. The molecule has 3 rings (SSSR count). The van der Waals surface area contributed by atoms with Crippen molar-refractivity contribution < 1.29 is 24.9 Å². The molecule has 1 aromatic carbocycles. The number of hydrogen-bond acceptors (Lipinski definition) is 5. The fraction of sp³-hybridized carbons (Fsp3) is 0.400. The zero-order valence-corrected chi connectivity index (χ0v) is 10.8. The molecule has 5 heteroatoms. The average Bonchev–Trinajstić information content (AvgIpc) is 2.38. The van der Waals surface area contributed by atoms with Crippen molar-refractivity contribution in [1.29, 1.82) is 0 Å². The molecule has 1 fully saturated rings. The van der Waals surface area contributed by atoms with E-state index < -0.39 is 24.2 Å². The Bertz CT molecular complexity index is 548. The lowest BCUT2D eigenvalue weighted by Gasteiger charge is -2.39. The van der Waals surface area contributed by atoms with Gasteiger partial charge in [-0.3, -0.25) is 4.79 Å². The standard InChI is InChI=1S/C15H16O5/c16-9-3-1-8(2-4-9)13-7-12(19)15-11(18)5-10(17)6-14(15)20-13/h1-4,7,10-11,14-18H,5-6H2. The van der Waals surface area contributed by atoms with Crippen LogP contribution in [0, 0.1) is 5.92 Å². The van der Waals surface area contributed by atoms with Crippen molar-refractivity contribution in [3.05, 3.63) is 35.9 Å². The Hall–Kier alpha value is -1.85. The maximum Gasteiger partial charge on any atom is 0.168 e. The minimum atomic E-state index is -0.867. The summed E-state index contributed by atoms with van der Waals surface area (Å²) in [4.78, 5) is 12.1. The van der Waals surface area contributed by atoms with Crippen molar-refractivity contribution in [2.24, 2.45) is 5.92 Å². The highest BCUT2D eigenvalue weighted by Crippen LogP contribution is 2.36. The molecule has 106 valence electrons. The smallest absolute Gasteiger partial charge is 0.168 e. The predicted octanol–water partition coefficient (Wildman–Crippen LogP) is 0.833. The van der Waals surface area contributed by atoms with E-state index in [1.54, 1.807) is 12.1 Å². The first-order chi connectivity index (χ1) is 9.54. The highest BCUT2D eigenvalue weighted by Gasteiger charge is 2.44. The van der Waals surface area contributed by atoms with Gasteiger partial charge in [-0.2, -0.15) is 0 Å². The molecule has 0 bridgehead atoms. The predicted molar refractivity (Wildman–Crippen MR) is 70.7 cm³/mol. The van der Waals surface area contributed by atoms with E-state index in [0.29, 0.717) is 17.7 Å². The first-order valence-corrected chi connectivity index (χ1v) is 6.62. The van der Waals surface area contributed by atoms with Gasteiger partial charge in [-0.25, -0.2) is 0 Å². The third-order valence-electron chi connectivity index (χ3n) is 3.87. The molecule has 0 aromatic heterocycles. The van der Waals surface area contributed by atoms with Gasteiger partial charge in [0.2, 0.25) is 0 Å². The van der Waals surface area contributed by atoms with Crippen LogP contribution in [-0.4, -0.2) is 39.4 Å². The molecule has 0 radical (unpaired) electrons. The summed E-state index contributed by atoms with van der Waals surface area (Å²) >= 11 is 0.